The van der Waals surface area contributed by atoms with Gasteiger partial charge in [0, 0.05) is 12.6 Å². The van der Waals surface area contributed by atoms with Crippen molar-refractivity contribution >= 4 is 29.2 Å². The number of halogens is 2. The Hall–Kier alpha value is -2.73. The van der Waals surface area contributed by atoms with Crippen LogP contribution in [0.4, 0.5) is 0 Å². The first-order valence-corrected chi connectivity index (χ1v) is 14.5. The number of carboxylic acids is 1. The van der Waals surface area contributed by atoms with Crippen LogP contribution >= 0.6 is 23.2 Å². The summed E-state index contributed by atoms with van der Waals surface area (Å²) in [6.45, 7) is 7.48. The van der Waals surface area contributed by atoms with Crippen molar-refractivity contribution in [1.29, 1.82) is 0 Å². The van der Waals surface area contributed by atoms with Crippen LogP contribution in [0, 0.1) is 0 Å². The highest BCUT2D eigenvalue weighted by atomic mass is 35.5. The van der Waals surface area contributed by atoms with Gasteiger partial charge < -0.3 is 14.6 Å². The van der Waals surface area contributed by atoms with Gasteiger partial charge in [-0.05, 0) is 104 Å². The number of fused-ring (bicyclic) bond motifs is 2. The van der Waals surface area contributed by atoms with Crippen molar-refractivity contribution in [1.82, 2.24) is 4.90 Å². The maximum atomic E-state index is 11.9. The molecule has 7 heteroatoms. The predicted octanol–water partition coefficient (Wildman–Crippen LogP) is 7.85. The number of carbonyl (C=O) groups is 1. The summed E-state index contributed by atoms with van der Waals surface area (Å²) in [5.41, 5.74) is 5.75. The second-order valence-electron chi connectivity index (χ2n) is 10.8. The summed E-state index contributed by atoms with van der Waals surface area (Å²) >= 11 is 12.3. The molecule has 5 nitrogen and oxygen atoms in total. The third-order valence-corrected chi connectivity index (χ3v) is 8.74. The molecule has 1 N–H and O–H groups in total. The molecular weight excluding hydrogens is 533 g/mol. The largest absolute Gasteiger partial charge is 0.493 e. The molecule has 206 valence electrons. The highest BCUT2D eigenvalue weighted by Crippen LogP contribution is 2.38. The zero-order chi connectivity index (χ0) is 27.7. The first-order chi connectivity index (χ1) is 18.7. The van der Waals surface area contributed by atoms with E-state index in [0.717, 1.165) is 41.9 Å². The van der Waals surface area contributed by atoms with Crippen molar-refractivity contribution in [2.45, 2.75) is 77.1 Å². The number of rotatable bonds is 7. The SMILES string of the molecule is CC[C@@H](Oc1ccc([C@@H]2CCOc3cc4c(cc3C2)CN(C(C)C)[C@H](C(=O)O)C4)cc1)c1ccc(Cl)c(Cl)c1. The third-order valence-electron chi connectivity index (χ3n) is 8.00. The van der Waals surface area contributed by atoms with Gasteiger partial charge in [-0.15, -0.1) is 0 Å². The van der Waals surface area contributed by atoms with E-state index in [9.17, 15) is 9.90 Å². The maximum absolute atomic E-state index is 11.9. The fourth-order valence-corrected chi connectivity index (χ4v) is 6.11. The van der Waals surface area contributed by atoms with Crippen LogP contribution in [0.2, 0.25) is 10.0 Å². The Morgan fingerprint density at radius 2 is 1.79 bits per heavy atom. The molecule has 2 aliphatic heterocycles. The summed E-state index contributed by atoms with van der Waals surface area (Å²) in [7, 11) is 0. The van der Waals surface area contributed by atoms with Gasteiger partial charge in [0.1, 0.15) is 23.6 Å². The molecular formula is C32H35Cl2NO4. The minimum absolute atomic E-state index is 0.110. The van der Waals surface area contributed by atoms with Gasteiger partial charge in [-0.1, -0.05) is 54.4 Å². The average Bonchev–Trinajstić information content (AvgIpc) is 3.13. The zero-order valence-electron chi connectivity index (χ0n) is 22.6. The van der Waals surface area contributed by atoms with Gasteiger partial charge in [-0.3, -0.25) is 9.69 Å². The van der Waals surface area contributed by atoms with Gasteiger partial charge in [-0.2, -0.15) is 0 Å². The van der Waals surface area contributed by atoms with Gasteiger partial charge in [0.25, 0.3) is 0 Å². The van der Waals surface area contributed by atoms with Gasteiger partial charge in [0.2, 0.25) is 0 Å². The molecule has 0 aromatic heterocycles. The second-order valence-corrected chi connectivity index (χ2v) is 11.7. The van der Waals surface area contributed by atoms with Crippen molar-refractivity contribution in [3.05, 3.63) is 92.5 Å². The highest BCUT2D eigenvalue weighted by molar-refractivity contribution is 6.42. The molecule has 0 saturated heterocycles. The predicted molar refractivity (Wildman–Crippen MR) is 155 cm³/mol. The fraction of sp³-hybridized carbons (Fsp3) is 0.406. The van der Waals surface area contributed by atoms with Crippen molar-refractivity contribution in [3.63, 3.8) is 0 Å². The molecule has 0 spiro atoms. The molecule has 2 aliphatic rings. The van der Waals surface area contributed by atoms with Gasteiger partial charge >= 0.3 is 5.97 Å². The van der Waals surface area contributed by atoms with Crippen LogP contribution in [0.25, 0.3) is 0 Å². The minimum Gasteiger partial charge on any atom is -0.493 e. The Labute approximate surface area is 240 Å². The fourth-order valence-electron chi connectivity index (χ4n) is 5.80. The third kappa shape index (κ3) is 6.06. The number of benzene rings is 3. The first kappa shape index (κ1) is 27.8. The number of nitrogens with zero attached hydrogens (tertiary/aromatic N) is 1. The Bertz CT molecular complexity index is 1340. The lowest BCUT2D eigenvalue weighted by atomic mass is 9.86. The number of aliphatic carboxylic acids is 1. The van der Waals surface area contributed by atoms with Crippen molar-refractivity contribution < 1.29 is 19.4 Å². The normalized spacial score (nSPS) is 19.9. The molecule has 0 radical (unpaired) electrons. The van der Waals surface area contributed by atoms with Crippen molar-refractivity contribution in [2.24, 2.45) is 0 Å². The van der Waals surface area contributed by atoms with Crippen LogP contribution in [0.3, 0.4) is 0 Å². The summed E-state index contributed by atoms with van der Waals surface area (Å²) in [5.74, 6) is 1.27. The molecule has 0 unspecified atom stereocenters. The molecule has 0 fully saturated rings. The molecule has 0 amide bonds. The van der Waals surface area contributed by atoms with Crippen LogP contribution in [0.1, 0.15) is 73.5 Å². The van der Waals surface area contributed by atoms with Crippen molar-refractivity contribution in [3.8, 4) is 11.5 Å². The molecule has 5 rings (SSSR count). The summed E-state index contributed by atoms with van der Waals surface area (Å²) in [5, 5.41) is 10.9. The smallest absolute Gasteiger partial charge is 0.321 e. The van der Waals surface area contributed by atoms with Gasteiger partial charge in [-0.25, -0.2) is 0 Å². The molecule has 3 atom stereocenters. The quantitative estimate of drug-likeness (QED) is 0.315. The zero-order valence-corrected chi connectivity index (χ0v) is 24.1. The Kier molecular flexibility index (Phi) is 8.41. The van der Waals surface area contributed by atoms with E-state index in [2.05, 4.69) is 49.9 Å². The van der Waals surface area contributed by atoms with E-state index in [0.29, 0.717) is 35.5 Å². The van der Waals surface area contributed by atoms with Crippen LogP contribution in [0.15, 0.2) is 54.6 Å². The number of carboxylic acid groups (broad SMARTS) is 1. The van der Waals surface area contributed by atoms with E-state index in [-0.39, 0.29) is 12.1 Å². The lowest BCUT2D eigenvalue weighted by molar-refractivity contribution is -0.144. The first-order valence-electron chi connectivity index (χ1n) is 13.7. The standard InChI is InChI=1S/C32H35Cl2NO4/c1-4-30(22-7-10-27(33)28(34)15-22)39-26-8-5-20(6-9-26)21-11-12-38-31-17-23-16-29(32(36)37)35(19(2)3)18-25(23)14-24(31)13-21/h5-10,14-15,17,19,21,29-30H,4,11-13,16,18H2,1-3H3,(H,36,37)/t21-,29+,30-/m1/s1. The molecule has 2 heterocycles. The Morgan fingerprint density at radius 3 is 2.46 bits per heavy atom. The minimum atomic E-state index is -0.764. The van der Waals surface area contributed by atoms with Crippen LogP contribution in [0.5, 0.6) is 11.5 Å². The van der Waals surface area contributed by atoms with Crippen LogP contribution in [-0.2, 0) is 24.2 Å². The molecule has 3 aromatic carbocycles. The number of hydrogen-bond donors (Lipinski definition) is 1. The summed E-state index contributed by atoms with van der Waals surface area (Å²) in [6, 6.07) is 18.0. The number of ether oxygens (including phenoxy) is 2. The lowest BCUT2D eigenvalue weighted by Crippen LogP contribution is -2.48. The molecule has 0 bridgehead atoms. The van der Waals surface area contributed by atoms with Gasteiger partial charge in [0.05, 0.1) is 16.7 Å². The van der Waals surface area contributed by atoms with Crippen LogP contribution in [-0.4, -0.2) is 34.7 Å². The Morgan fingerprint density at radius 1 is 1.03 bits per heavy atom. The summed E-state index contributed by atoms with van der Waals surface area (Å²) < 4.78 is 12.5. The lowest BCUT2D eigenvalue weighted by Gasteiger charge is -2.37. The monoisotopic (exact) mass is 567 g/mol. The number of hydrogen-bond acceptors (Lipinski definition) is 4. The average molecular weight is 569 g/mol. The second kappa shape index (κ2) is 11.8. The summed E-state index contributed by atoms with van der Waals surface area (Å²) in [6.07, 6.45) is 3.00. The van der Waals surface area contributed by atoms with E-state index in [1.807, 2.05) is 30.3 Å². The highest BCUT2D eigenvalue weighted by Gasteiger charge is 2.34. The van der Waals surface area contributed by atoms with E-state index in [1.54, 1.807) is 0 Å². The molecule has 3 aromatic rings. The van der Waals surface area contributed by atoms with E-state index in [1.165, 1.54) is 16.7 Å². The van der Waals surface area contributed by atoms with E-state index in [4.69, 9.17) is 32.7 Å². The topological polar surface area (TPSA) is 59.0 Å². The maximum Gasteiger partial charge on any atom is 0.321 e. The molecule has 0 saturated carbocycles. The molecule has 39 heavy (non-hydrogen) atoms. The van der Waals surface area contributed by atoms with Crippen LogP contribution < -0.4 is 9.47 Å². The van der Waals surface area contributed by atoms with E-state index < -0.39 is 12.0 Å². The summed E-state index contributed by atoms with van der Waals surface area (Å²) in [4.78, 5) is 14.0. The molecule has 0 aliphatic carbocycles. The van der Waals surface area contributed by atoms with Gasteiger partial charge in [0.15, 0.2) is 0 Å². The van der Waals surface area contributed by atoms with E-state index >= 15 is 0 Å². The Balaban J connectivity index is 1.32. The van der Waals surface area contributed by atoms with Crippen molar-refractivity contribution in [2.75, 3.05) is 6.61 Å².